The van der Waals surface area contributed by atoms with Crippen molar-refractivity contribution in [3.63, 3.8) is 0 Å². The monoisotopic (exact) mass is 391 g/mol. The molecule has 1 fully saturated rings. The van der Waals surface area contributed by atoms with Crippen LogP contribution in [-0.2, 0) is 16.0 Å². The number of hydrogen-bond donors (Lipinski definition) is 0. The number of aromatic nitrogens is 1. The van der Waals surface area contributed by atoms with E-state index in [2.05, 4.69) is 4.98 Å². The van der Waals surface area contributed by atoms with E-state index >= 15 is 0 Å². The molecule has 0 aliphatic carbocycles. The minimum atomic E-state index is -0.375. The van der Waals surface area contributed by atoms with Gasteiger partial charge in [-0.25, -0.2) is 0 Å². The van der Waals surface area contributed by atoms with Gasteiger partial charge < -0.3 is 9.80 Å². The van der Waals surface area contributed by atoms with Gasteiger partial charge in [-0.05, 0) is 36.2 Å². The van der Waals surface area contributed by atoms with Crippen molar-refractivity contribution in [2.24, 2.45) is 5.92 Å². The maximum atomic E-state index is 12.7. The normalized spacial score (nSPS) is 16.8. The van der Waals surface area contributed by atoms with Gasteiger partial charge in [-0.3, -0.25) is 14.6 Å². The summed E-state index contributed by atoms with van der Waals surface area (Å²) in [5.41, 5.74) is 1.67. The molecule has 7 heteroatoms. The van der Waals surface area contributed by atoms with E-state index in [-0.39, 0.29) is 24.2 Å². The van der Waals surface area contributed by atoms with Crippen molar-refractivity contribution in [2.75, 3.05) is 25.0 Å². The summed E-state index contributed by atoms with van der Waals surface area (Å²) in [4.78, 5) is 32.3. The molecule has 2 heterocycles. The standard InChI is InChI=1S/C19H19Cl2N3O2/c1-23(10-7-13-5-8-22-9-6-13)19(26)14-11-17(25)24(12-14)16-4-2-3-15(20)18(16)21/h2-6,8-9,14H,7,10-12H2,1H3. The van der Waals surface area contributed by atoms with Crippen LogP contribution >= 0.6 is 23.2 Å². The maximum Gasteiger partial charge on any atom is 0.227 e. The maximum absolute atomic E-state index is 12.7. The zero-order valence-electron chi connectivity index (χ0n) is 14.4. The third-order valence-electron chi connectivity index (χ3n) is 4.56. The predicted octanol–water partition coefficient (Wildman–Crippen LogP) is 3.44. The van der Waals surface area contributed by atoms with E-state index < -0.39 is 0 Å². The molecule has 0 bridgehead atoms. The number of rotatable bonds is 5. The molecule has 1 atom stereocenters. The highest BCUT2D eigenvalue weighted by Crippen LogP contribution is 2.35. The minimum absolute atomic E-state index is 0.0342. The van der Waals surface area contributed by atoms with E-state index in [4.69, 9.17) is 23.2 Å². The zero-order chi connectivity index (χ0) is 18.7. The van der Waals surface area contributed by atoms with E-state index in [1.807, 2.05) is 12.1 Å². The number of carbonyl (C=O) groups is 2. The highest BCUT2D eigenvalue weighted by molar-refractivity contribution is 6.44. The number of carbonyl (C=O) groups excluding carboxylic acids is 2. The van der Waals surface area contributed by atoms with Gasteiger partial charge in [-0.15, -0.1) is 0 Å². The van der Waals surface area contributed by atoms with Gasteiger partial charge in [0.25, 0.3) is 0 Å². The summed E-state index contributed by atoms with van der Waals surface area (Å²) < 4.78 is 0. The smallest absolute Gasteiger partial charge is 0.227 e. The first-order valence-electron chi connectivity index (χ1n) is 8.35. The van der Waals surface area contributed by atoms with Gasteiger partial charge in [0.15, 0.2) is 0 Å². The topological polar surface area (TPSA) is 53.5 Å². The van der Waals surface area contributed by atoms with Gasteiger partial charge in [0.05, 0.1) is 21.7 Å². The number of hydrogen-bond acceptors (Lipinski definition) is 3. The Labute approximate surface area is 162 Å². The second kappa shape index (κ2) is 8.06. The minimum Gasteiger partial charge on any atom is -0.345 e. The van der Waals surface area contributed by atoms with E-state index in [9.17, 15) is 9.59 Å². The molecule has 0 N–H and O–H groups in total. The Hall–Kier alpha value is -2.11. The summed E-state index contributed by atoms with van der Waals surface area (Å²) in [5, 5.41) is 0.725. The summed E-state index contributed by atoms with van der Waals surface area (Å²) in [7, 11) is 1.77. The molecule has 1 aliphatic heterocycles. The molecule has 1 unspecified atom stereocenters. The van der Waals surface area contributed by atoms with Gasteiger partial charge in [0, 0.05) is 39.0 Å². The molecule has 0 radical (unpaired) electrons. The van der Waals surface area contributed by atoms with Crippen LogP contribution in [0.2, 0.25) is 10.0 Å². The lowest BCUT2D eigenvalue weighted by molar-refractivity contribution is -0.134. The van der Waals surface area contributed by atoms with Gasteiger partial charge in [0.2, 0.25) is 11.8 Å². The van der Waals surface area contributed by atoms with Gasteiger partial charge in [0.1, 0.15) is 0 Å². The van der Waals surface area contributed by atoms with E-state index in [0.29, 0.717) is 28.8 Å². The lowest BCUT2D eigenvalue weighted by Crippen LogP contribution is -2.36. The summed E-state index contributed by atoms with van der Waals surface area (Å²) in [5.74, 6) is -0.525. The largest absolute Gasteiger partial charge is 0.345 e. The first-order valence-corrected chi connectivity index (χ1v) is 9.11. The third kappa shape index (κ3) is 4.00. The van der Waals surface area contributed by atoms with E-state index in [1.165, 1.54) is 0 Å². The summed E-state index contributed by atoms with van der Waals surface area (Å²) in [6, 6.07) is 9.02. The Morgan fingerprint density at radius 1 is 1.27 bits per heavy atom. The fourth-order valence-electron chi connectivity index (χ4n) is 3.07. The second-order valence-electron chi connectivity index (χ2n) is 6.34. The molecule has 1 saturated heterocycles. The number of pyridine rings is 1. The van der Waals surface area contributed by atoms with Crippen LogP contribution < -0.4 is 4.90 Å². The molecule has 2 amide bonds. The average molecular weight is 392 g/mol. The zero-order valence-corrected chi connectivity index (χ0v) is 15.9. The van der Waals surface area contributed by atoms with Crippen LogP contribution in [0.15, 0.2) is 42.7 Å². The quantitative estimate of drug-likeness (QED) is 0.784. The van der Waals surface area contributed by atoms with Gasteiger partial charge in [-0.1, -0.05) is 29.3 Å². The number of likely N-dealkylation sites (N-methyl/N-ethyl adjacent to an activating group) is 1. The van der Waals surface area contributed by atoms with Crippen LogP contribution in [0.4, 0.5) is 5.69 Å². The van der Waals surface area contributed by atoms with Crippen molar-refractivity contribution in [2.45, 2.75) is 12.8 Å². The van der Waals surface area contributed by atoms with Crippen molar-refractivity contribution in [1.82, 2.24) is 9.88 Å². The molecule has 1 aromatic carbocycles. The summed E-state index contributed by atoms with van der Waals surface area (Å²) >= 11 is 12.3. The van der Waals surface area contributed by atoms with Crippen LogP contribution in [0.1, 0.15) is 12.0 Å². The predicted molar refractivity (Wildman–Crippen MR) is 103 cm³/mol. The number of benzene rings is 1. The van der Waals surface area contributed by atoms with E-state index in [1.54, 1.807) is 47.4 Å². The van der Waals surface area contributed by atoms with Gasteiger partial charge >= 0.3 is 0 Å². The Morgan fingerprint density at radius 3 is 2.73 bits per heavy atom. The molecule has 2 aromatic rings. The lowest BCUT2D eigenvalue weighted by Gasteiger charge is -2.22. The van der Waals surface area contributed by atoms with Gasteiger partial charge in [-0.2, -0.15) is 0 Å². The molecule has 5 nitrogen and oxygen atoms in total. The molecule has 0 spiro atoms. The Morgan fingerprint density at radius 2 is 2.00 bits per heavy atom. The van der Waals surface area contributed by atoms with Crippen molar-refractivity contribution >= 4 is 40.7 Å². The molecular weight excluding hydrogens is 373 g/mol. The first kappa shape index (κ1) is 18.7. The van der Waals surface area contributed by atoms with Crippen molar-refractivity contribution in [1.29, 1.82) is 0 Å². The molecule has 26 heavy (non-hydrogen) atoms. The fraction of sp³-hybridized carbons (Fsp3) is 0.316. The van der Waals surface area contributed by atoms with E-state index in [0.717, 1.165) is 12.0 Å². The third-order valence-corrected chi connectivity index (χ3v) is 5.37. The number of anilines is 1. The molecule has 1 aliphatic rings. The Kier molecular flexibility index (Phi) is 5.79. The summed E-state index contributed by atoms with van der Waals surface area (Å²) in [6.07, 6.45) is 4.40. The fourth-order valence-corrected chi connectivity index (χ4v) is 3.47. The second-order valence-corrected chi connectivity index (χ2v) is 7.13. The first-order chi connectivity index (χ1) is 12.5. The van der Waals surface area contributed by atoms with Crippen molar-refractivity contribution in [3.8, 4) is 0 Å². The van der Waals surface area contributed by atoms with Crippen LogP contribution in [0, 0.1) is 5.92 Å². The number of amides is 2. The number of nitrogens with zero attached hydrogens (tertiary/aromatic N) is 3. The lowest BCUT2D eigenvalue weighted by atomic mass is 10.1. The van der Waals surface area contributed by atoms with Crippen molar-refractivity contribution in [3.05, 3.63) is 58.3 Å². The van der Waals surface area contributed by atoms with Crippen LogP contribution in [-0.4, -0.2) is 41.8 Å². The molecule has 136 valence electrons. The average Bonchev–Trinajstić information content (AvgIpc) is 3.03. The Bertz CT molecular complexity index is 814. The summed E-state index contributed by atoms with van der Waals surface area (Å²) in [6.45, 7) is 0.906. The molecule has 1 aromatic heterocycles. The molecule has 3 rings (SSSR count). The Balaban J connectivity index is 1.64. The highest BCUT2D eigenvalue weighted by atomic mass is 35.5. The number of halogens is 2. The highest BCUT2D eigenvalue weighted by Gasteiger charge is 2.37. The van der Waals surface area contributed by atoms with Crippen LogP contribution in [0.5, 0.6) is 0 Å². The SMILES string of the molecule is CN(CCc1ccncc1)C(=O)C1CC(=O)N(c2cccc(Cl)c2Cl)C1. The molecular formula is C19H19Cl2N3O2. The van der Waals surface area contributed by atoms with Crippen LogP contribution in [0.25, 0.3) is 0 Å². The van der Waals surface area contributed by atoms with Crippen LogP contribution in [0.3, 0.4) is 0 Å². The van der Waals surface area contributed by atoms with Crippen molar-refractivity contribution < 1.29 is 9.59 Å². The molecule has 0 saturated carbocycles.